The second-order valence-corrected chi connectivity index (χ2v) is 11.2. The maximum absolute atomic E-state index is 13.2. The van der Waals surface area contributed by atoms with Crippen molar-refractivity contribution in [2.75, 3.05) is 62.9 Å². The average molecular weight is 599 g/mol. The van der Waals surface area contributed by atoms with Crippen LogP contribution in [0.15, 0.2) is 30.5 Å². The van der Waals surface area contributed by atoms with E-state index in [1.54, 1.807) is 13.8 Å². The molecule has 3 aromatic rings. The number of nitro groups is 1. The fourth-order valence-corrected chi connectivity index (χ4v) is 4.84. The van der Waals surface area contributed by atoms with Crippen LogP contribution in [0.5, 0.6) is 5.75 Å². The molecule has 1 aliphatic rings. The molecule has 0 amide bonds. The van der Waals surface area contributed by atoms with E-state index in [1.807, 2.05) is 37.8 Å². The number of carbonyl (C=O) groups excluding carboxylic acids is 1. The SMILES string of the molecule is [2H]C([2H])([2H])N(CCN(C)c1cc(OC)c(Nc2ncc(C(=O)OC(C)C)c(N3CC(C)(C)c4nc(C)ccc43)n2)cc1[N+](=O)[O-])C([2H])([2H])[2H]. The number of esters is 1. The summed E-state index contributed by atoms with van der Waals surface area (Å²) >= 11 is 0. The number of ether oxygens (including phenoxy) is 2. The van der Waals surface area contributed by atoms with Crippen LogP contribution in [0.1, 0.15) is 57.7 Å². The quantitative estimate of drug-likeness (QED) is 0.184. The van der Waals surface area contributed by atoms with Crippen molar-refractivity contribution in [2.24, 2.45) is 0 Å². The number of rotatable bonds is 11. The molecule has 0 radical (unpaired) electrons. The number of aromatic nitrogens is 3. The van der Waals surface area contributed by atoms with Gasteiger partial charge >= 0.3 is 5.97 Å². The minimum absolute atomic E-state index is 0.00197. The third-order valence-corrected chi connectivity index (χ3v) is 6.90. The molecule has 3 heterocycles. The van der Waals surface area contributed by atoms with Gasteiger partial charge in [-0.15, -0.1) is 0 Å². The zero-order valence-corrected chi connectivity index (χ0v) is 25.3. The van der Waals surface area contributed by atoms with Gasteiger partial charge in [-0.3, -0.25) is 15.1 Å². The molecule has 13 heteroatoms. The first-order valence-electron chi connectivity index (χ1n) is 16.6. The van der Waals surface area contributed by atoms with E-state index in [1.165, 1.54) is 37.4 Å². The fraction of sp³-hybridized carbons (Fsp3) is 0.467. The summed E-state index contributed by atoms with van der Waals surface area (Å²) in [5.41, 5.74) is 1.95. The van der Waals surface area contributed by atoms with Crippen LogP contribution in [-0.4, -0.2) is 84.6 Å². The minimum atomic E-state index is -2.91. The van der Waals surface area contributed by atoms with E-state index in [0.29, 0.717) is 11.4 Å². The maximum atomic E-state index is 13.2. The first-order chi connectivity index (χ1) is 22.6. The van der Waals surface area contributed by atoms with Gasteiger partial charge in [0.2, 0.25) is 5.95 Å². The lowest BCUT2D eigenvalue weighted by molar-refractivity contribution is -0.384. The summed E-state index contributed by atoms with van der Waals surface area (Å²) in [6.45, 7) is 3.45. The van der Waals surface area contributed by atoms with Gasteiger partial charge in [0, 0.05) is 64.3 Å². The predicted molar refractivity (Wildman–Crippen MR) is 166 cm³/mol. The van der Waals surface area contributed by atoms with Gasteiger partial charge in [0.25, 0.3) is 5.69 Å². The standard InChI is InChI=1S/C30H40N8O5/c1-18(2)43-28(39)20-16-31-29(34-27(20)37-17-30(4,5)26-22(37)11-10-19(3)32-26)33-21-14-24(38(40)41)23(15-25(21)42-9)36(8)13-12-35(6)7/h10-11,14-16,18H,12-13,17H2,1-9H3,(H,31,33,34)/i6D3,7D3. The molecule has 0 saturated heterocycles. The van der Waals surface area contributed by atoms with E-state index >= 15 is 0 Å². The Labute approximate surface area is 260 Å². The number of anilines is 5. The lowest BCUT2D eigenvalue weighted by Crippen LogP contribution is -2.29. The second-order valence-electron chi connectivity index (χ2n) is 11.2. The molecule has 0 bridgehead atoms. The van der Waals surface area contributed by atoms with Crippen LogP contribution in [0.25, 0.3) is 0 Å². The van der Waals surface area contributed by atoms with Crippen molar-refractivity contribution >= 4 is 40.5 Å². The van der Waals surface area contributed by atoms with Gasteiger partial charge in [0.15, 0.2) is 5.82 Å². The van der Waals surface area contributed by atoms with Crippen molar-refractivity contribution < 1.29 is 27.4 Å². The molecule has 1 aliphatic heterocycles. The topological polar surface area (TPSA) is 139 Å². The number of likely N-dealkylation sites (N-methyl/N-ethyl adjacent to an activating group) is 2. The van der Waals surface area contributed by atoms with Crippen LogP contribution >= 0.6 is 0 Å². The number of nitrogens with zero attached hydrogens (tertiary/aromatic N) is 7. The molecule has 13 nitrogen and oxygen atoms in total. The summed E-state index contributed by atoms with van der Waals surface area (Å²) < 4.78 is 56.7. The number of methoxy groups -OCH3 is 1. The molecule has 2 aromatic heterocycles. The molecule has 1 aromatic carbocycles. The highest BCUT2D eigenvalue weighted by Crippen LogP contribution is 2.44. The Morgan fingerprint density at radius 2 is 2.00 bits per heavy atom. The smallest absolute Gasteiger partial charge is 0.343 e. The lowest BCUT2D eigenvalue weighted by atomic mass is 9.91. The zero-order chi connectivity index (χ0) is 36.6. The maximum Gasteiger partial charge on any atom is 0.343 e. The van der Waals surface area contributed by atoms with Crippen molar-refractivity contribution in [3.8, 4) is 5.75 Å². The molecule has 230 valence electrons. The van der Waals surface area contributed by atoms with Crippen molar-refractivity contribution in [3.63, 3.8) is 0 Å². The minimum Gasteiger partial charge on any atom is -0.494 e. The van der Waals surface area contributed by atoms with Gasteiger partial charge in [-0.25, -0.2) is 9.78 Å². The molecule has 43 heavy (non-hydrogen) atoms. The number of benzene rings is 1. The number of aryl methyl sites for hydroxylation is 1. The highest BCUT2D eigenvalue weighted by Gasteiger charge is 2.40. The monoisotopic (exact) mass is 598 g/mol. The summed E-state index contributed by atoms with van der Waals surface area (Å²) in [6.07, 6.45) is 0.920. The Hall–Kier alpha value is -4.52. The molecule has 0 fully saturated rings. The average Bonchev–Trinajstić information content (AvgIpc) is 3.24. The molecule has 4 rings (SSSR count). The summed E-state index contributed by atoms with van der Waals surface area (Å²) in [4.78, 5) is 42.2. The van der Waals surface area contributed by atoms with Crippen LogP contribution in [0.2, 0.25) is 0 Å². The Kier molecular flexibility index (Phi) is 6.90. The van der Waals surface area contributed by atoms with Crippen molar-refractivity contribution in [1.82, 2.24) is 19.9 Å². The van der Waals surface area contributed by atoms with Gasteiger partial charge in [-0.05, 0) is 46.9 Å². The number of hydrogen-bond donors (Lipinski definition) is 1. The molecular weight excluding hydrogens is 552 g/mol. The summed E-state index contributed by atoms with van der Waals surface area (Å²) in [6, 6.07) is 6.36. The van der Waals surface area contributed by atoms with Gasteiger partial charge in [0.1, 0.15) is 17.0 Å². The van der Waals surface area contributed by atoms with E-state index in [9.17, 15) is 14.9 Å². The Balaban J connectivity index is 1.75. The van der Waals surface area contributed by atoms with Crippen LogP contribution in [-0.2, 0) is 10.2 Å². The number of fused-ring (bicyclic) bond motifs is 1. The van der Waals surface area contributed by atoms with Gasteiger partial charge < -0.3 is 29.5 Å². The third-order valence-electron chi connectivity index (χ3n) is 6.90. The zero-order valence-electron chi connectivity index (χ0n) is 31.3. The Bertz CT molecular complexity index is 1720. The number of nitrogens with one attached hydrogen (secondary N) is 1. The van der Waals surface area contributed by atoms with E-state index in [2.05, 4.69) is 10.3 Å². The largest absolute Gasteiger partial charge is 0.494 e. The molecular formula is C30H40N8O5. The van der Waals surface area contributed by atoms with Crippen LogP contribution < -0.4 is 19.9 Å². The van der Waals surface area contributed by atoms with E-state index in [-0.39, 0.29) is 46.7 Å². The highest BCUT2D eigenvalue weighted by molar-refractivity contribution is 5.96. The molecule has 0 aliphatic carbocycles. The summed E-state index contributed by atoms with van der Waals surface area (Å²) in [5.74, 6) is -0.226. The van der Waals surface area contributed by atoms with E-state index < -0.39 is 42.9 Å². The molecule has 0 saturated carbocycles. The third kappa shape index (κ3) is 6.77. The highest BCUT2D eigenvalue weighted by atomic mass is 16.6. The Morgan fingerprint density at radius 1 is 1.26 bits per heavy atom. The van der Waals surface area contributed by atoms with Gasteiger partial charge in [0.05, 0.1) is 35.2 Å². The van der Waals surface area contributed by atoms with Crippen LogP contribution in [0.3, 0.4) is 0 Å². The van der Waals surface area contributed by atoms with Crippen molar-refractivity contribution in [3.05, 3.63) is 57.5 Å². The van der Waals surface area contributed by atoms with E-state index in [0.717, 1.165) is 17.1 Å². The molecule has 0 unspecified atom stereocenters. The molecule has 0 atom stereocenters. The predicted octanol–water partition coefficient (Wildman–Crippen LogP) is 4.83. The summed E-state index contributed by atoms with van der Waals surface area (Å²) in [5, 5.41) is 15.2. The fourth-order valence-electron chi connectivity index (χ4n) is 4.84. The second kappa shape index (κ2) is 12.4. The number of nitro benzene ring substituents is 1. The van der Waals surface area contributed by atoms with Gasteiger partial charge in [-0.2, -0.15) is 4.98 Å². The lowest BCUT2D eigenvalue weighted by Gasteiger charge is -2.24. The van der Waals surface area contributed by atoms with Crippen LogP contribution in [0, 0.1) is 17.0 Å². The van der Waals surface area contributed by atoms with Crippen molar-refractivity contribution in [1.29, 1.82) is 0 Å². The number of hydrogen-bond acceptors (Lipinski definition) is 12. The number of pyridine rings is 1. The Morgan fingerprint density at radius 3 is 2.65 bits per heavy atom. The summed E-state index contributed by atoms with van der Waals surface area (Å²) in [7, 11) is 2.83. The molecule has 1 N–H and O–H groups in total. The van der Waals surface area contributed by atoms with Crippen LogP contribution in [0.4, 0.5) is 34.5 Å². The normalized spacial score (nSPS) is 16.3. The van der Waals surface area contributed by atoms with Crippen molar-refractivity contribution in [2.45, 2.75) is 46.1 Å². The number of carbonyl (C=O) groups is 1. The first kappa shape index (κ1) is 24.0. The molecule has 0 spiro atoms. The first-order valence-corrected chi connectivity index (χ1v) is 13.6. The van der Waals surface area contributed by atoms with E-state index in [4.69, 9.17) is 27.7 Å². The van der Waals surface area contributed by atoms with Gasteiger partial charge in [-0.1, -0.05) is 13.8 Å².